The maximum absolute atomic E-state index is 12.2. The Hall–Kier alpha value is -1.81. The van der Waals surface area contributed by atoms with E-state index in [-0.39, 0.29) is 5.75 Å². The van der Waals surface area contributed by atoms with E-state index >= 15 is 0 Å². The molecule has 0 bridgehead atoms. The van der Waals surface area contributed by atoms with Crippen LogP contribution in [0.3, 0.4) is 0 Å². The van der Waals surface area contributed by atoms with Crippen LogP contribution in [0.5, 0.6) is 5.75 Å². The van der Waals surface area contributed by atoms with Crippen molar-refractivity contribution in [2.45, 2.75) is 11.3 Å². The average molecular weight is 276 g/mol. The number of methoxy groups -OCH3 is 1. The molecule has 0 atom stereocenters. The molecule has 0 radical (unpaired) electrons. The molecular formula is C15H16O3S. The molecule has 0 aromatic heterocycles. The fourth-order valence-corrected chi connectivity index (χ4v) is 3.09. The lowest BCUT2D eigenvalue weighted by Crippen LogP contribution is -2.09. The summed E-state index contributed by atoms with van der Waals surface area (Å²) in [5, 5.41) is 0. The highest BCUT2D eigenvalue weighted by Gasteiger charge is 2.14. The van der Waals surface area contributed by atoms with Gasteiger partial charge in [-0.3, -0.25) is 0 Å². The Bertz CT molecular complexity index is 616. The summed E-state index contributed by atoms with van der Waals surface area (Å²) < 4.78 is 29.3. The van der Waals surface area contributed by atoms with Gasteiger partial charge in [0.2, 0.25) is 0 Å². The van der Waals surface area contributed by atoms with Crippen LogP contribution in [0.1, 0.15) is 5.56 Å². The Morgan fingerprint density at radius 1 is 0.947 bits per heavy atom. The third-order valence-electron chi connectivity index (χ3n) is 2.92. The number of benzene rings is 2. The Labute approximate surface area is 113 Å². The Morgan fingerprint density at radius 3 is 2.16 bits per heavy atom. The summed E-state index contributed by atoms with van der Waals surface area (Å²) in [5.74, 6) is 0.769. The van der Waals surface area contributed by atoms with E-state index in [0.29, 0.717) is 17.1 Å². The maximum Gasteiger partial charge on any atom is 0.178 e. The fourth-order valence-electron chi connectivity index (χ4n) is 1.80. The molecule has 0 aliphatic heterocycles. The predicted octanol–water partition coefficient (Wildman–Crippen LogP) is 2.71. The van der Waals surface area contributed by atoms with Crippen LogP contribution in [0.2, 0.25) is 0 Å². The summed E-state index contributed by atoms with van der Waals surface area (Å²) in [6, 6.07) is 16.1. The van der Waals surface area contributed by atoms with Gasteiger partial charge in [-0.1, -0.05) is 30.3 Å². The minimum absolute atomic E-state index is 0.114. The normalized spacial score (nSPS) is 11.2. The standard InChI is InChI=1S/C15H16O3S/c1-18-14-7-9-15(10-8-14)19(16,17)12-11-13-5-3-2-4-6-13/h2-10H,11-12H2,1H3. The van der Waals surface area contributed by atoms with E-state index in [2.05, 4.69) is 0 Å². The molecule has 0 spiro atoms. The van der Waals surface area contributed by atoms with E-state index in [4.69, 9.17) is 4.74 Å². The van der Waals surface area contributed by atoms with Crippen molar-refractivity contribution in [3.63, 3.8) is 0 Å². The second-order valence-corrected chi connectivity index (χ2v) is 6.34. The fraction of sp³-hybridized carbons (Fsp3) is 0.200. The van der Waals surface area contributed by atoms with Crippen molar-refractivity contribution in [1.29, 1.82) is 0 Å². The van der Waals surface area contributed by atoms with Crippen LogP contribution < -0.4 is 4.74 Å². The molecule has 0 amide bonds. The van der Waals surface area contributed by atoms with E-state index < -0.39 is 9.84 Å². The molecule has 0 heterocycles. The van der Waals surface area contributed by atoms with E-state index in [1.807, 2.05) is 30.3 Å². The molecule has 0 fully saturated rings. The molecule has 2 rings (SSSR count). The van der Waals surface area contributed by atoms with E-state index in [0.717, 1.165) is 5.56 Å². The van der Waals surface area contributed by atoms with Crippen molar-refractivity contribution < 1.29 is 13.2 Å². The molecule has 0 saturated heterocycles. The first-order valence-corrected chi connectivity index (χ1v) is 7.68. The SMILES string of the molecule is COc1ccc(S(=O)(=O)CCc2ccccc2)cc1. The lowest BCUT2D eigenvalue weighted by atomic mass is 10.2. The molecule has 100 valence electrons. The molecule has 0 unspecified atom stereocenters. The van der Waals surface area contributed by atoms with Crippen molar-refractivity contribution in [3.8, 4) is 5.75 Å². The van der Waals surface area contributed by atoms with Gasteiger partial charge in [0.1, 0.15) is 5.75 Å². The summed E-state index contributed by atoms with van der Waals surface area (Å²) in [6.45, 7) is 0. The van der Waals surface area contributed by atoms with Crippen LogP contribution in [0.15, 0.2) is 59.5 Å². The van der Waals surface area contributed by atoms with Gasteiger partial charge in [0.15, 0.2) is 9.84 Å². The predicted molar refractivity (Wildman–Crippen MR) is 75.2 cm³/mol. The highest BCUT2D eigenvalue weighted by atomic mass is 32.2. The zero-order valence-corrected chi connectivity index (χ0v) is 11.6. The summed E-state index contributed by atoms with van der Waals surface area (Å²) >= 11 is 0. The number of hydrogen-bond acceptors (Lipinski definition) is 3. The summed E-state index contributed by atoms with van der Waals surface area (Å²) in [6.07, 6.45) is 0.523. The average Bonchev–Trinajstić information content (AvgIpc) is 2.46. The minimum Gasteiger partial charge on any atom is -0.497 e. The lowest BCUT2D eigenvalue weighted by molar-refractivity contribution is 0.414. The zero-order chi connectivity index (χ0) is 13.7. The van der Waals surface area contributed by atoms with Crippen molar-refractivity contribution in [2.75, 3.05) is 12.9 Å². The van der Waals surface area contributed by atoms with Crippen LogP contribution in [0.4, 0.5) is 0 Å². The van der Waals surface area contributed by atoms with Crippen LogP contribution in [0.25, 0.3) is 0 Å². The van der Waals surface area contributed by atoms with Gasteiger partial charge in [-0.25, -0.2) is 8.42 Å². The molecule has 0 aliphatic rings. The molecule has 2 aromatic carbocycles. The number of sulfone groups is 1. The Balaban J connectivity index is 2.09. The maximum atomic E-state index is 12.2. The monoisotopic (exact) mass is 276 g/mol. The van der Waals surface area contributed by atoms with Crippen molar-refractivity contribution in [1.82, 2.24) is 0 Å². The minimum atomic E-state index is -3.24. The summed E-state index contributed by atoms with van der Waals surface area (Å²) in [4.78, 5) is 0.337. The molecule has 4 heteroatoms. The van der Waals surface area contributed by atoms with Crippen LogP contribution in [-0.2, 0) is 16.3 Å². The van der Waals surface area contributed by atoms with Gasteiger partial charge >= 0.3 is 0 Å². The van der Waals surface area contributed by atoms with Crippen LogP contribution in [0, 0.1) is 0 Å². The van der Waals surface area contributed by atoms with Gasteiger partial charge in [-0.2, -0.15) is 0 Å². The lowest BCUT2D eigenvalue weighted by Gasteiger charge is -2.06. The van der Waals surface area contributed by atoms with Crippen molar-refractivity contribution >= 4 is 9.84 Å². The second kappa shape index (κ2) is 5.89. The van der Waals surface area contributed by atoms with Gasteiger partial charge < -0.3 is 4.74 Å². The summed E-state index contributed by atoms with van der Waals surface area (Å²) in [7, 11) is -1.68. The topological polar surface area (TPSA) is 43.4 Å². The molecule has 0 saturated carbocycles. The van der Waals surface area contributed by atoms with E-state index in [1.165, 1.54) is 0 Å². The number of hydrogen-bond donors (Lipinski definition) is 0. The first-order valence-electron chi connectivity index (χ1n) is 6.02. The van der Waals surface area contributed by atoms with Gasteiger partial charge in [0.25, 0.3) is 0 Å². The van der Waals surface area contributed by atoms with E-state index in [9.17, 15) is 8.42 Å². The van der Waals surface area contributed by atoms with Crippen molar-refractivity contribution in [3.05, 3.63) is 60.2 Å². The zero-order valence-electron chi connectivity index (χ0n) is 10.7. The number of ether oxygens (including phenoxy) is 1. The first-order chi connectivity index (χ1) is 9.12. The smallest absolute Gasteiger partial charge is 0.178 e. The van der Waals surface area contributed by atoms with Gasteiger partial charge in [-0.05, 0) is 36.2 Å². The summed E-state index contributed by atoms with van der Waals surface area (Å²) in [5.41, 5.74) is 1.03. The first kappa shape index (κ1) is 13.6. The Kier molecular flexibility index (Phi) is 4.22. The van der Waals surface area contributed by atoms with Crippen molar-refractivity contribution in [2.24, 2.45) is 0 Å². The second-order valence-electron chi connectivity index (χ2n) is 4.23. The van der Waals surface area contributed by atoms with Crippen LogP contribution in [-0.4, -0.2) is 21.3 Å². The molecule has 3 nitrogen and oxygen atoms in total. The third kappa shape index (κ3) is 3.58. The quantitative estimate of drug-likeness (QED) is 0.843. The highest BCUT2D eigenvalue weighted by molar-refractivity contribution is 7.91. The Morgan fingerprint density at radius 2 is 1.58 bits per heavy atom. The number of aryl methyl sites for hydroxylation is 1. The largest absolute Gasteiger partial charge is 0.497 e. The number of rotatable bonds is 5. The van der Waals surface area contributed by atoms with Gasteiger partial charge in [-0.15, -0.1) is 0 Å². The molecule has 2 aromatic rings. The molecule has 0 N–H and O–H groups in total. The third-order valence-corrected chi connectivity index (χ3v) is 4.65. The molecule has 19 heavy (non-hydrogen) atoms. The molecular weight excluding hydrogens is 260 g/mol. The van der Waals surface area contributed by atoms with Gasteiger partial charge in [0, 0.05) is 0 Å². The van der Waals surface area contributed by atoms with Gasteiger partial charge in [0.05, 0.1) is 17.8 Å². The highest BCUT2D eigenvalue weighted by Crippen LogP contribution is 2.17. The molecule has 0 aliphatic carbocycles. The van der Waals surface area contributed by atoms with E-state index in [1.54, 1.807) is 31.4 Å². The van der Waals surface area contributed by atoms with Crippen LogP contribution >= 0.6 is 0 Å².